The monoisotopic (exact) mass is 475 g/mol. The van der Waals surface area contributed by atoms with Crippen LogP contribution in [-0.4, -0.2) is 32.1 Å². The van der Waals surface area contributed by atoms with Crippen molar-refractivity contribution in [2.24, 2.45) is 0 Å². The third-order valence-electron chi connectivity index (χ3n) is 4.30. The second kappa shape index (κ2) is 9.80. The molecular weight excluding hydrogens is 454 g/mol. The number of hydrogen-bond donors (Lipinski definition) is 0. The molecule has 1 heterocycles. The zero-order valence-electron chi connectivity index (χ0n) is 16.5. The number of nitrogens with zero attached hydrogens (tertiary/aromatic N) is 1. The molecule has 0 saturated heterocycles. The normalized spacial score (nSPS) is 10.5. The molecule has 3 rings (SSSR count). The smallest absolute Gasteiger partial charge is 0.254 e. The molecule has 0 aliphatic rings. The Balaban J connectivity index is 1.81. The van der Waals surface area contributed by atoms with Gasteiger partial charge in [-0.3, -0.25) is 4.79 Å². The predicted octanol–water partition coefficient (Wildman–Crippen LogP) is 5.38. The average molecular weight is 476 g/mol. The van der Waals surface area contributed by atoms with Crippen LogP contribution in [0.1, 0.15) is 20.8 Å². The van der Waals surface area contributed by atoms with Crippen molar-refractivity contribution in [3.63, 3.8) is 0 Å². The molecule has 0 saturated carbocycles. The van der Waals surface area contributed by atoms with Crippen LogP contribution in [0.15, 0.2) is 58.4 Å². The van der Waals surface area contributed by atoms with Gasteiger partial charge in [0.05, 0.1) is 24.6 Å². The zero-order chi connectivity index (χ0) is 20.8. The molecule has 7 heteroatoms. The summed E-state index contributed by atoms with van der Waals surface area (Å²) in [7, 11) is 4.87. The maximum atomic E-state index is 12.9. The number of methoxy groups -OCH3 is 2. The van der Waals surface area contributed by atoms with Crippen molar-refractivity contribution in [3.8, 4) is 17.2 Å². The molecule has 0 bridgehead atoms. The highest BCUT2D eigenvalue weighted by Gasteiger charge is 2.20. The van der Waals surface area contributed by atoms with Gasteiger partial charge in [-0.2, -0.15) is 0 Å². The first-order chi connectivity index (χ1) is 14.0. The highest BCUT2D eigenvalue weighted by Crippen LogP contribution is 2.39. The van der Waals surface area contributed by atoms with Gasteiger partial charge < -0.3 is 19.1 Å². The number of carbonyl (C=O) groups excluding carboxylic acids is 1. The summed E-state index contributed by atoms with van der Waals surface area (Å²) in [6, 6.07) is 17.2. The number of amides is 1. The molecule has 0 N–H and O–H groups in total. The molecule has 1 amide bonds. The lowest BCUT2D eigenvalue weighted by Crippen LogP contribution is -2.25. The van der Waals surface area contributed by atoms with E-state index in [1.54, 1.807) is 49.6 Å². The van der Waals surface area contributed by atoms with Crippen LogP contribution in [0.5, 0.6) is 17.2 Å². The third-order valence-corrected chi connectivity index (χ3v) is 5.91. The maximum Gasteiger partial charge on any atom is 0.254 e. The second-order valence-electron chi connectivity index (χ2n) is 6.35. The van der Waals surface area contributed by atoms with E-state index in [0.29, 0.717) is 36.0 Å². The van der Waals surface area contributed by atoms with Gasteiger partial charge in [0.1, 0.15) is 6.61 Å². The van der Waals surface area contributed by atoms with Gasteiger partial charge in [-0.25, -0.2) is 0 Å². The first-order valence-electron chi connectivity index (χ1n) is 8.94. The number of halogens is 1. The maximum absolute atomic E-state index is 12.9. The number of ether oxygens (including phenoxy) is 3. The van der Waals surface area contributed by atoms with Crippen LogP contribution in [0.3, 0.4) is 0 Å². The van der Waals surface area contributed by atoms with Gasteiger partial charge in [0.15, 0.2) is 11.5 Å². The minimum atomic E-state index is -0.124. The molecule has 29 heavy (non-hydrogen) atoms. The Kier molecular flexibility index (Phi) is 7.17. The van der Waals surface area contributed by atoms with Crippen molar-refractivity contribution in [2.45, 2.75) is 13.2 Å². The van der Waals surface area contributed by atoms with Gasteiger partial charge in [-0.05, 0) is 45.8 Å². The van der Waals surface area contributed by atoms with Gasteiger partial charge in [-0.15, -0.1) is 11.3 Å². The molecule has 5 nitrogen and oxygen atoms in total. The van der Waals surface area contributed by atoms with Gasteiger partial charge in [0.2, 0.25) is 5.75 Å². The lowest BCUT2D eigenvalue weighted by molar-refractivity contribution is 0.0785. The molecule has 0 aliphatic carbocycles. The van der Waals surface area contributed by atoms with Crippen LogP contribution in [0.2, 0.25) is 0 Å². The third kappa shape index (κ3) is 5.31. The molecule has 0 fully saturated rings. The van der Waals surface area contributed by atoms with Gasteiger partial charge in [0, 0.05) is 17.5 Å². The van der Waals surface area contributed by atoms with Crippen LogP contribution in [-0.2, 0) is 13.2 Å². The van der Waals surface area contributed by atoms with E-state index < -0.39 is 0 Å². The SMILES string of the molecule is COc1cc(C(=O)N(C)Cc2ccc(Br)s2)cc(OC)c1OCc1ccccc1. The highest BCUT2D eigenvalue weighted by molar-refractivity contribution is 9.11. The predicted molar refractivity (Wildman–Crippen MR) is 118 cm³/mol. The summed E-state index contributed by atoms with van der Waals surface area (Å²) in [4.78, 5) is 15.7. The van der Waals surface area contributed by atoms with Crippen molar-refractivity contribution < 1.29 is 19.0 Å². The van der Waals surface area contributed by atoms with E-state index in [1.807, 2.05) is 42.5 Å². The minimum Gasteiger partial charge on any atom is -0.493 e. The van der Waals surface area contributed by atoms with Crippen molar-refractivity contribution in [1.82, 2.24) is 4.90 Å². The molecular formula is C22H22BrNO4S. The van der Waals surface area contributed by atoms with Crippen molar-refractivity contribution >= 4 is 33.2 Å². The fraction of sp³-hybridized carbons (Fsp3) is 0.227. The van der Waals surface area contributed by atoms with E-state index in [9.17, 15) is 4.79 Å². The summed E-state index contributed by atoms with van der Waals surface area (Å²) in [5.41, 5.74) is 1.50. The zero-order valence-corrected chi connectivity index (χ0v) is 18.9. The number of rotatable bonds is 8. The summed E-state index contributed by atoms with van der Waals surface area (Å²) in [5, 5.41) is 0. The number of thiophene rings is 1. The summed E-state index contributed by atoms with van der Waals surface area (Å²) < 4.78 is 18.0. The van der Waals surface area contributed by atoms with E-state index in [-0.39, 0.29) is 5.91 Å². The number of carbonyl (C=O) groups is 1. The highest BCUT2D eigenvalue weighted by atomic mass is 79.9. The minimum absolute atomic E-state index is 0.124. The molecule has 0 atom stereocenters. The van der Waals surface area contributed by atoms with E-state index in [0.717, 1.165) is 14.2 Å². The van der Waals surface area contributed by atoms with Crippen LogP contribution in [0.4, 0.5) is 0 Å². The summed E-state index contributed by atoms with van der Waals surface area (Å²) >= 11 is 5.05. The van der Waals surface area contributed by atoms with Crippen LogP contribution < -0.4 is 14.2 Å². The number of benzene rings is 2. The molecule has 1 aromatic heterocycles. The average Bonchev–Trinajstić information content (AvgIpc) is 3.16. The molecule has 0 radical (unpaired) electrons. The van der Waals surface area contributed by atoms with Crippen LogP contribution in [0.25, 0.3) is 0 Å². The summed E-state index contributed by atoms with van der Waals surface area (Å²) in [6.07, 6.45) is 0. The van der Waals surface area contributed by atoms with Crippen molar-refractivity contribution in [2.75, 3.05) is 21.3 Å². The number of hydrogen-bond acceptors (Lipinski definition) is 5. The second-order valence-corrected chi connectivity index (χ2v) is 8.90. The van der Waals surface area contributed by atoms with E-state index >= 15 is 0 Å². The first kappa shape index (κ1) is 21.2. The Labute approximate surface area is 183 Å². The van der Waals surface area contributed by atoms with E-state index in [2.05, 4.69) is 15.9 Å². The molecule has 152 valence electrons. The topological polar surface area (TPSA) is 48.0 Å². The Bertz CT molecular complexity index is 949. The first-order valence-corrected chi connectivity index (χ1v) is 10.5. The fourth-order valence-electron chi connectivity index (χ4n) is 2.84. The molecule has 0 spiro atoms. The summed E-state index contributed by atoms with van der Waals surface area (Å²) in [6.45, 7) is 0.889. The molecule has 0 unspecified atom stereocenters. The van der Waals surface area contributed by atoms with Crippen LogP contribution >= 0.6 is 27.3 Å². The Morgan fingerprint density at radius 1 is 1.03 bits per heavy atom. The summed E-state index contributed by atoms with van der Waals surface area (Å²) in [5.74, 6) is 1.26. The van der Waals surface area contributed by atoms with E-state index in [4.69, 9.17) is 14.2 Å². The largest absolute Gasteiger partial charge is 0.493 e. The Morgan fingerprint density at radius 2 is 1.69 bits per heavy atom. The van der Waals surface area contributed by atoms with Gasteiger partial charge in [0.25, 0.3) is 5.91 Å². The quantitative estimate of drug-likeness (QED) is 0.438. The van der Waals surface area contributed by atoms with Gasteiger partial charge >= 0.3 is 0 Å². The van der Waals surface area contributed by atoms with Crippen molar-refractivity contribution in [1.29, 1.82) is 0 Å². The van der Waals surface area contributed by atoms with E-state index in [1.165, 1.54) is 0 Å². The molecule has 3 aromatic rings. The van der Waals surface area contributed by atoms with Gasteiger partial charge in [-0.1, -0.05) is 30.3 Å². The Morgan fingerprint density at radius 3 is 2.24 bits per heavy atom. The van der Waals surface area contributed by atoms with Crippen molar-refractivity contribution in [3.05, 3.63) is 74.4 Å². The lowest BCUT2D eigenvalue weighted by Gasteiger charge is -2.19. The standard InChI is InChI=1S/C22H22BrNO4S/c1-24(13-17-9-10-20(23)29-17)22(25)16-11-18(26-2)21(19(12-16)27-3)28-14-15-7-5-4-6-8-15/h4-12H,13-14H2,1-3H3. The molecule has 2 aromatic carbocycles. The molecule has 0 aliphatic heterocycles. The fourth-order valence-corrected chi connectivity index (χ4v) is 4.37. The van der Waals surface area contributed by atoms with Crippen LogP contribution in [0, 0.1) is 0 Å². The lowest BCUT2D eigenvalue weighted by atomic mass is 10.1. The Hall–Kier alpha value is -2.51.